The third-order valence-corrected chi connectivity index (χ3v) is 23.9. The Morgan fingerprint density at radius 1 is 0.200 bits per heavy atom. The van der Waals surface area contributed by atoms with E-state index in [1.807, 2.05) is 180 Å². The van der Waals surface area contributed by atoms with Gasteiger partial charge in [-0.1, -0.05) is 280 Å². The Kier molecular flexibility index (Phi) is 16.2. The summed E-state index contributed by atoms with van der Waals surface area (Å²) in [4.78, 5) is 4.09. The Hall–Kier alpha value is -14.1. The molecule has 0 aliphatic heterocycles. The molecule has 0 saturated heterocycles. The fourth-order valence-electron chi connectivity index (χ4n) is 19.0. The molecule has 4 aliphatic rings. The van der Waals surface area contributed by atoms with E-state index in [-0.39, 0.29) is 22.3 Å². The fourth-order valence-corrected chi connectivity index (χ4v) is 19.0. The summed E-state index contributed by atoms with van der Waals surface area (Å²) >= 11 is 0. The van der Waals surface area contributed by atoms with Gasteiger partial charge in [-0.3, -0.25) is 0 Å². The molecule has 4 aliphatic carbocycles. The lowest BCUT2D eigenvalue weighted by Crippen LogP contribution is -2.33. The van der Waals surface area contributed by atoms with Crippen LogP contribution in [0.5, 0.6) is 0 Å². The molecule has 0 amide bonds. The average molecular weight is 1520 g/mol. The second-order valence-electron chi connectivity index (χ2n) is 29.4. The van der Waals surface area contributed by atoms with Gasteiger partial charge in [0, 0.05) is 45.3 Å². The molecule has 0 radical (unpaired) electrons. The van der Waals surface area contributed by atoms with Crippen molar-refractivity contribution in [3.05, 3.63) is 477 Å². The van der Waals surface area contributed by atoms with Crippen molar-refractivity contribution in [3.63, 3.8) is 0 Å². The summed E-state index contributed by atoms with van der Waals surface area (Å²) in [5.41, 5.74) is 11.9. The molecular weight excluding hydrogens is 1460 g/mol. The molecule has 0 saturated carbocycles. The molecule has 20 rings (SSSR count). The van der Waals surface area contributed by atoms with Crippen molar-refractivity contribution in [2.75, 3.05) is 9.80 Å². The van der Waals surface area contributed by atoms with Gasteiger partial charge in [0.1, 0.15) is 0 Å². The minimum atomic E-state index is -2.28. The van der Waals surface area contributed by atoms with E-state index in [0.29, 0.717) is 78.6 Å². The molecule has 16 aromatic carbocycles. The van der Waals surface area contributed by atoms with Crippen LogP contribution in [0, 0.1) is 58.2 Å². The standard InChI is InChI=1S/C103H60F10N2/c1-3-59-31-39-65(40-32-59)101(89-91(104)95(108)99(112)96(109)92(89)105)81-27-15-11-23-73(81)77-51-47-69(55-85(77)101)114(67-43-35-63(36-44-67)61-19-7-5-8-20-61)71-49-53-79-75-25-13-17-29-83(75)103(87(79)57-71)84-30-18-14-26-76(84)80-54-50-72(58-88(80)103)115(68-45-37-64(38-46-68)62-21-9-6-10-22-62)70-48-52-78-74-24-12-16-28-82(74)102(86(78)56-70,66-41-33-60(4-2)34-42-66)90-93(106)97(110)100(113)98(111)94(90)107/h3-58H,1-2H2. The average Bonchev–Trinajstić information content (AvgIpc) is 1.55. The van der Waals surface area contributed by atoms with Crippen molar-refractivity contribution < 1.29 is 43.9 Å². The number of nitrogens with zero attached hydrogens (tertiary/aromatic N) is 2. The first kappa shape index (κ1) is 70.0. The van der Waals surface area contributed by atoms with Crippen molar-refractivity contribution >= 4 is 46.3 Å². The largest absolute Gasteiger partial charge is 0.310 e. The van der Waals surface area contributed by atoms with Crippen LogP contribution in [0.4, 0.5) is 78.0 Å². The number of hydrogen-bond acceptors (Lipinski definition) is 2. The maximum atomic E-state index is 17.5. The van der Waals surface area contributed by atoms with Gasteiger partial charge < -0.3 is 9.80 Å². The summed E-state index contributed by atoms with van der Waals surface area (Å²) in [5.74, 6) is -20.8. The molecule has 0 N–H and O–H groups in total. The number of halogens is 10. The van der Waals surface area contributed by atoms with Crippen LogP contribution in [0.15, 0.2) is 341 Å². The third-order valence-electron chi connectivity index (χ3n) is 23.9. The Morgan fingerprint density at radius 2 is 0.426 bits per heavy atom. The second-order valence-corrected chi connectivity index (χ2v) is 29.4. The van der Waals surface area contributed by atoms with E-state index in [0.717, 1.165) is 66.8 Å². The van der Waals surface area contributed by atoms with Crippen molar-refractivity contribution in [2.24, 2.45) is 0 Å². The zero-order chi connectivity index (χ0) is 78.5. The summed E-state index contributed by atoms with van der Waals surface area (Å²) in [6.45, 7) is 7.87. The van der Waals surface area contributed by atoms with Gasteiger partial charge in [0.15, 0.2) is 46.5 Å². The Bertz CT molecular complexity index is 6290. The second kappa shape index (κ2) is 26.5. The van der Waals surface area contributed by atoms with E-state index in [9.17, 15) is 0 Å². The number of benzene rings is 16. The van der Waals surface area contributed by atoms with Crippen LogP contribution >= 0.6 is 0 Å². The molecular formula is C103H60F10N2. The lowest BCUT2D eigenvalue weighted by molar-refractivity contribution is 0.363. The smallest absolute Gasteiger partial charge is 0.200 e. The first-order valence-electron chi connectivity index (χ1n) is 37.5. The normalized spacial score (nSPS) is 16.1. The molecule has 2 unspecified atom stereocenters. The number of hydrogen-bond donors (Lipinski definition) is 0. The van der Waals surface area contributed by atoms with Crippen molar-refractivity contribution in [3.8, 4) is 66.8 Å². The number of anilines is 6. The fraction of sp³-hybridized carbons (Fsp3) is 0.0291. The summed E-state index contributed by atoms with van der Waals surface area (Å²) in [6, 6.07) is 103. The van der Waals surface area contributed by atoms with E-state index < -0.39 is 85.5 Å². The van der Waals surface area contributed by atoms with E-state index in [1.54, 1.807) is 121 Å². The van der Waals surface area contributed by atoms with Crippen LogP contribution in [-0.4, -0.2) is 0 Å². The van der Waals surface area contributed by atoms with Gasteiger partial charge in [0.25, 0.3) is 0 Å². The van der Waals surface area contributed by atoms with Crippen molar-refractivity contribution in [2.45, 2.75) is 16.2 Å². The summed E-state index contributed by atoms with van der Waals surface area (Å²) in [5, 5.41) is 0. The molecule has 2 nitrogen and oxygen atoms in total. The molecule has 1 spiro atoms. The highest BCUT2D eigenvalue weighted by atomic mass is 19.2. The number of fused-ring (bicyclic) bond motifs is 16. The van der Waals surface area contributed by atoms with Gasteiger partial charge >= 0.3 is 0 Å². The Labute approximate surface area is 656 Å². The summed E-state index contributed by atoms with van der Waals surface area (Å²) in [6.07, 6.45) is 3.20. The molecule has 12 heteroatoms. The Balaban J connectivity index is 0.829. The molecule has 0 fully saturated rings. The first-order valence-corrected chi connectivity index (χ1v) is 37.5. The molecule has 115 heavy (non-hydrogen) atoms. The quantitative estimate of drug-likeness (QED) is 0.0608. The van der Waals surface area contributed by atoms with E-state index in [1.165, 1.54) is 0 Å². The lowest BCUT2D eigenvalue weighted by atomic mass is 9.67. The minimum absolute atomic E-state index is 0.232. The SMILES string of the molecule is C=Cc1ccc(C2(c3c(F)c(F)c(F)c(F)c3F)c3ccccc3-c3ccc(N(c4ccc(-c5ccccc5)cc4)c4ccc5c(c4)C4(c6ccccc6-5)c5ccccc5-c5ccc(N(c6ccc(-c7ccccc7)cc6)c6ccc7c(c6)C(c6ccc(C=C)cc6)(c6c(F)c(F)c(F)c(F)c6F)c6ccccc6-7)cc54)cc32)cc1. The van der Waals surface area contributed by atoms with E-state index in [2.05, 4.69) is 61.7 Å². The lowest BCUT2D eigenvalue weighted by Gasteiger charge is -2.36. The monoisotopic (exact) mass is 1510 g/mol. The van der Waals surface area contributed by atoms with Crippen LogP contribution < -0.4 is 9.80 Å². The molecule has 552 valence electrons. The number of rotatable bonds is 14. The molecule has 16 aromatic rings. The molecule has 0 aromatic heterocycles. The van der Waals surface area contributed by atoms with Crippen LogP contribution in [0.2, 0.25) is 0 Å². The minimum Gasteiger partial charge on any atom is -0.310 e. The highest BCUT2D eigenvalue weighted by Crippen LogP contribution is 2.66. The first-order chi connectivity index (χ1) is 56.1. The zero-order valence-electron chi connectivity index (χ0n) is 60.9. The summed E-state index contributed by atoms with van der Waals surface area (Å²) in [7, 11) is 0. The van der Waals surface area contributed by atoms with Crippen LogP contribution in [-0.2, 0) is 16.2 Å². The van der Waals surface area contributed by atoms with Gasteiger partial charge in [-0.15, -0.1) is 0 Å². The maximum absolute atomic E-state index is 17.5. The Morgan fingerprint density at radius 3 is 0.713 bits per heavy atom. The van der Waals surface area contributed by atoms with Gasteiger partial charge in [-0.05, 0) is 206 Å². The van der Waals surface area contributed by atoms with Gasteiger partial charge in [0.05, 0.1) is 16.2 Å². The predicted octanol–water partition coefficient (Wildman–Crippen LogP) is 27.7. The van der Waals surface area contributed by atoms with Crippen LogP contribution in [0.1, 0.15) is 77.9 Å². The van der Waals surface area contributed by atoms with Crippen LogP contribution in [0.25, 0.3) is 78.9 Å². The van der Waals surface area contributed by atoms with Crippen molar-refractivity contribution in [1.82, 2.24) is 0 Å². The predicted molar refractivity (Wildman–Crippen MR) is 437 cm³/mol. The van der Waals surface area contributed by atoms with Gasteiger partial charge in [0.2, 0.25) is 11.6 Å². The zero-order valence-corrected chi connectivity index (χ0v) is 60.9. The van der Waals surface area contributed by atoms with Gasteiger partial charge in [-0.2, -0.15) is 0 Å². The third kappa shape index (κ3) is 9.97. The molecule has 0 heterocycles. The van der Waals surface area contributed by atoms with E-state index in [4.69, 9.17) is 0 Å². The molecule has 2 atom stereocenters. The highest BCUT2D eigenvalue weighted by Gasteiger charge is 2.56. The summed E-state index contributed by atoms with van der Waals surface area (Å²) < 4.78 is 166. The van der Waals surface area contributed by atoms with Crippen molar-refractivity contribution in [1.29, 1.82) is 0 Å². The topological polar surface area (TPSA) is 6.48 Å². The van der Waals surface area contributed by atoms with E-state index >= 15 is 43.9 Å². The molecule has 0 bridgehead atoms. The van der Waals surface area contributed by atoms with Gasteiger partial charge in [-0.25, -0.2) is 43.9 Å². The van der Waals surface area contributed by atoms with Crippen LogP contribution in [0.3, 0.4) is 0 Å². The highest BCUT2D eigenvalue weighted by molar-refractivity contribution is 5.99. The maximum Gasteiger partial charge on any atom is 0.200 e.